The number of urea groups is 1. The van der Waals surface area contributed by atoms with E-state index < -0.39 is 6.10 Å². The van der Waals surface area contributed by atoms with Gasteiger partial charge < -0.3 is 15.7 Å². The Hall–Kier alpha value is -1.59. The number of amides is 2. The van der Waals surface area contributed by atoms with Crippen LogP contribution in [0.25, 0.3) is 0 Å². The van der Waals surface area contributed by atoms with Crippen molar-refractivity contribution in [1.29, 1.82) is 0 Å². The normalized spacial score (nSPS) is 21.1. The minimum Gasteiger partial charge on any atom is -0.391 e. The number of hydrogen-bond acceptors (Lipinski definition) is 3. The van der Waals surface area contributed by atoms with Crippen LogP contribution in [0.1, 0.15) is 50.7 Å². The highest BCUT2D eigenvalue weighted by Crippen LogP contribution is 2.18. The number of benzene rings is 1. The zero-order valence-electron chi connectivity index (χ0n) is 15.1. The first-order chi connectivity index (χ1) is 11.5. The number of hydrogen-bond donors (Lipinski definition) is 3. The molecular weight excluding hydrogens is 302 g/mol. The summed E-state index contributed by atoms with van der Waals surface area (Å²) in [5.74, 6) is 0. The molecule has 134 valence electrons. The van der Waals surface area contributed by atoms with Gasteiger partial charge in [-0.1, -0.05) is 37.1 Å². The first-order valence-corrected chi connectivity index (χ1v) is 8.97. The van der Waals surface area contributed by atoms with Gasteiger partial charge in [-0.15, -0.1) is 0 Å². The lowest BCUT2D eigenvalue weighted by atomic mass is 9.93. The molecule has 3 N–H and O–H groups in total. The zero-order chi connectivity index (χ0) is 17.5. The van der Waals surface area contributed by atoms with E-state index in [0.717, 1.165) is 37.8 Å². The molecule has 1 fully saturated rings. The molecule has 0 aliphatic heterocycles. The Morgan fingerprint density at radius 3 is 2.58 bits per heavy atom. The third-order valence-electron chi connectivity index (χ3n) is 4.91. The maximum absolute atomic E-state index is 12.1. The van der Waals surface area contributed by atoms with Gasteiger partial charge in [0.05, 0.1) is 12.1 Å². The van der Waals surface area contributed by atoms with Crippen molar-refractivity contribution in [2.24, 2.45) is 0 Å². The Morgan fingerprint density at radius 1 is 1.25 bits per heavy atom. The molecule has 1 aromatic carbocycles. The molecule has 1 aliphatic rings. The fraction of sp³-hybridized carbons (Fsp3) is 0.632. The smallest absolute Gasteiger partial charge is 0.315 e. The van der Waals surface area contributed by atoms with Crippen LogP contribution in [0.2, 0.25) is 0 Å². The van der Waals surface area contributed by atoms with Gasteiger partial charge in [0.25, 0.3) is 0 Å². The highest BCUT2D eigenvalue weighted by molar-refractivity contribution is 5.74. The lowest BCUT2D eigenvalue weighted by Crippen LogP contribution is -2.48. The summed E-state index contributed by atoms with van der Waals surface area (Å²) < 4.78 is 0. The lowest BCUT2D eigenvalue weighted by molar-refractivity contribution is 0.0943. The average Bonchev–Trinajstić information content (AvgIpc) is 2.56. The summed E-state index contributed by atoms with van der Waals surface area (Å²) in [7, 11) is 2.10. The number of aliphatic hydroxyl groups is 1. The molecular formula is C19H31N3O2. The van der Waals surface area contributed by atoms with Crippen LogP contribution < -0.4 is 10.6 Å². The number of nitrogens with one attached hydrogen (secondary N) is 2. The van der Waals surface area contributed by atoms with Crippen molar-refractivity contribution in [3.8, 4) is 0 Å². The van der Waals surface area contributed by atoms with Gasteiger partial charge in [-0.3, -0.25) is 4.90 Å². The second-order valence-electron chi connectivity index (χ2n) is 7.06. The number of aliphatic hydroxyl groups excluding tert-OH is 1. The van der Waals surface area contributed by atoms with Crippen molar-refractivity contribution in [3.05, 3.63) is 35.4 Å². The first-order valence-electron chi connectivity index (χ1n) is 8.97. The van der Waals surface area contributed by atoms with Gasteiger partial charge in [-0.05, 0) is 44.9 Å². The molecule has 2 amide bonds. The molecule has 1 saturated carbocycles. The monoisotopic (exact) mass is 333 g/mol. The maximum Gasteiger partial charge on any atom is 0.315 e. The molecule has 0 heterocycles. The van der Waals surface area contributed by atoms with E-state index in [1.165, 1.54) is 5.56 Å². The molecule has 0 radical (unpaired) electrons. The topological polar surface area (TPSA) is 64.6 Å². The van der Waals surface area contributed by atoms with Gasteiger partial charge >= 0.3 is 6.03 Å². The molecule has 1 aliphatic carbocycles. The highest BCUT2D eigenvalue weighted by Gasteiger charge is 2.24. The molecule has 1 aromatic rings. The maximum atomic E-state index is 12.1. The van der Waals surface area contributed by atoms with E-state index >= 15 is 0 Å². The number of nitrogens with zero attached hydrogens (tertiary/aromatic N) is 1. The van der Waals surface area contributed by atoms with E-state index in [-0.39, 0.29) is 12.1 Å². The predicted octanol–water partition coefficient (Wildman–Crippen LogP) is 2.63. The summed E-state index contributed by atoms with van der Waals surface area (Å²) in [4.78, 5) is 14.4. The summed E-state index contributed by atoms with van der Waals surface area (Å²) in [6.07, 6.45) is 3.31. The molecule has 2 rings (SSSR count). The van der Waals surface area contributed by atoms with E-state index in [4.69, 9.17) is 0 Å². The second-order valence-corrected chi connectivity index (χ2v) is 7.06. The highest BCUT2D eigenvalue weighted by atomic mass is 16.3. The molecule has 2 unspecified atom stereocenters. The SMILES string of the molecule is CC(C)N(C)Cc1ccccc1CNC(=O)NC1CCCCC1O. The van der Waals surface area contributed by atoms with Crippen LogP contribution >= 0.6 is 0 Å². The van der Waals surface area contributed by atoms with Crippen molar-refractivity contribution in [3.63, 3.8) is 0 Å². The van der Waals surface area contributed by atoms with Crippen molar-refractivity contribution < 1.29 is 9.90 Å². The molecule has 24 heavy (non-hydrogen) atoms. The molecule has 0 saturated heterocycles. The number of carbonyl (C=O) groups excluding carboxylic acids is 1. The van der Waals surface area contributed by atoms with Crippen LogP contribution in [0.3, 0.4) is 0 Å². The fourth-order valence-electron chi connectivity index (χ4n) is 3.01. The van der Waals surface area contributed by atoms with Gasteiger partial charge in [0.15, 0.2) is 0 Å². The van der Waals surface area contributed by atoms with Crippen LogP contribution in [-0.2, 0) is 13.1 Å². The van der Waals surface area contributed by atoms with Crippen molar-refractivity contribution in [2.75, 3.05) is 7.05 Å². The van der Waals surface area contributed by atoms with Crippen molar-refractivity contribution in [1.82, 2.24) is 15.5 Å². The Labute approximate surface area is 145 Å². The molecule has 0 aromatic heterocycles. The third-order valence-corrected chi connectivity index (χ3v) is 4.91. The lowest BCUT2D eigenvalue weighted by Gasteiger charge is -2.28. The largest absolute Gasteiger partial charge is 0.391 e. The van der Waals surface area contributed by atoms with Crippen LogP contribution in [0.4, 0.5) is 4.79 Å². The second kappa shape index (κ2) is 9.04. The Morgan fingerprint density at radius 2 is 1.92 bits per heavy atom. The molecule has 0 bridgehead atoms. The fourth-order valence-corrected chi connectivity index (χ4v) is 3.01. The third kappa shape index (κ3) is 5.49. The van der Waals surface area contributed by atoms with E-state index in [1.54, 1.807) is 0 Å². The molecule has 0 spiro atoms. The van der Waals surface area contributed by atoms with Crippen LogP contribution in [0.5, 0.6) is 0 Å². The summed E-state index contributed by atoms with van der Waals surface area (Å²) >= 11 is 0. The average molecular weight is 333 g/mol. The van der Waals surface area contributed by atoms with Crippen molar-refractivity contribution >= 4 is 6.03 Å². The van der Waals surface area contributed by atoms with Crippen LogP contribution in [0, 0.1) is 0 Å². The first kappa shape index (κ1) is 18.7. The quantitative estimate of drug-likeness (QED) is 0.750. The summed E-state index contributed by atoms with van der Waals surface area (Å²) in [5.41, 5.74) is 2.36. The number of carbonyl (C=O) groups is 1. The van der Waals surface area contributed by atoms with Crippen molar-refractivity contribution in [2.45, 2.75) is 70.8 Å². The Bertz CT molecular complexity index is 533. The van der Waals surface area contributed by atoms with Gasteiger partial charge in [0, 0.05) is 19.1 Å². The summed E-state index contributed by atoms with van der Waals surface area (Å²) in [5, 5.41) is 15.8. The summed E-state index contributed by atoms with van der Waals surface area (Å²) in [6, 6.07) is 8.35. The molecule has 2 atom stereocenters. The van der Waals surface area contributed by atoms with E-state index in [1.807, 2.05) is 12.1 Å². The molecule has 5 heteroatoms. The minimum atomic E-state index is -0.420. The molecule has 5 nitrogen and oxygen atoms in total. The standard InChI is InChI=1S/C19H31N3O2/c1-14(2)22(3)13-16-9-5-4-8-15(16)12-20-19(24)21-17-10-6-7-11-18(17)23/h4-5,8-9,14,17-18,23H,6-7,10-13H2,1-3H3,(H2,20,21,24). The van der Waals surface area contributed by atoms with Crippen LogP contribution in [-0.4, -0.2) is 41.3 Å². The Balaban J connectivity index is 1.88. The van der Waals surface area contributed by atoms with E-state index in [0.29, 0.717) is 12.6 Å². The van der Waals surface area contributed by atoms with Gasteiger partial charge in [0.2, 0.25) is 0 Å². The zero-order valence-corrected chi connectivity index (χ0v) is 15.1. The predicted molar refractivity (Wildman–Crippen MR) is 96.7 cm³/mol. The van der Waals surface area contributed by atoms with E-state index in [2.05, 4.69) is 48.6 Å². The van der Waals surface area contributed by atoms with E-state index in [9.17, 15) is 9.90 Å². The van der Waals surface area contributed by atoms with Gasteiger partial charge in [0.1, 0.15) is 0 Å². The Kier molecular flexibility index (Phi) is 7.06. The summed E-state index contributed by atoms with van der Waals surface area (Å²) in [6.45, 7) is 5.70. The minimum absolute atomic E-state index is 0.124. The van der Waals surface area contributed by atoms with Crippen LogP contribution in [0.15, 0.2) is 24.3 Å². The van der Waals surface area contributed by atoms with Gasteiger partial charge in [-0.25, -0.2) is 4.79 Å². The number of rotatable bonds is 6. The van der Waals surface area contributed by atoms with Gasteiger partial charge in [-0.2, -0.15) is 0 Å².